The smallest absolute Gasteiger partial charge is 0.0409 e. The Hall–Kier alpha value is -1.44. The van der Waals surface area contributed by atoms with Crippen LogP contribution < -0.4 is 10.2 Å². The SMILES string of the molecule is Cc1cccc(N2C=CNCC2)c1. The molecular formula is C11H14N2. The van der Waals surface area contributed by atoms with Crippen LogP contribution in [0.1, 0.15) is 5.56 Å². The Morgan fingerprint density at radius 3 is 3.00 bits per heavy atom. The van der Waals surface area contributed by atoms with E-state index < -0.39 is 0 Å². The Labute approximate surface area is 78.9 Å². The molecule has 1 aliphatic rings. The molecule has 0 amide bonds. The van der Waals surface area contributed by atoms with E-state index in [4.69, 9.17) is 0 Å². The first-order valence-corrected chi connectivity index (χ1v) is 4.59. The second-order valence-corrected chi connectivity index (χ2v) is 3.30. The van der Waals surface area contributed by atoms with Crippen molar-refractivity contribution in [2.75, 3.05) is 18.0 Å². The van der Waals surface area contributed by atoms with Crippen molar-refractivity contribution in [1.29, 1.82) is 0 Å². The standard InChI is InChI=1S/C11H14N2/c1-10-3-2-4-11(9-10)13-7-5-12-6-8-13/h2-5,7,9,12H,6,8H2,1H3. The zero-order chi connectivity index (χ0) is 9.10. The maximum absolute atomic E-state index is 3.18. The molecule has 1 aromatic carbocycles. The lowest BCUT2D eigenvalue weighted by Gasteiger charge is -2.24. The van der Waals surface area contributed by atoms with Crippen LogP contribution >= 0.6 is 0 Å². The van der Waals surface area contributed by atoms with Gasteiger partial charge in [0.1, 0.15) is 0 Å². The van der Waals surface area contributed by atoms with E-state index in [1.807, 2.05) is 6.20 Å². The molecule has 2 rings (SSSR count). The van der Waals surface area contributed by atoms with Crippen LogP contribution in [0.2, 0.25) is 0 Å². The number of nitrogens with one attached hydrogen (secondary N) is 1. The number of benzene rings is 1. The van der Waals surface area contributed by atoms with E-state index in [0.717, 1.165) is 13.1 Å². The first-order valence-electron chi connectivity index (χ1n) is 4.59. The van der Waals surface area contributed by atoms with E-state index in [0.29, 0.717) is 0 Å². The van der Waals surface area contributed by atoms with Crippen molar-refractivity contribution in [3.05, 3.63) is 42.2 Å². The maximum atomic E-state index is 3.18. The molecule has 0 saturated heterocycles. The largest absolute Gasteiger partial charge is 0.388 e. The molecule has 0 fully saturated rings. The Balaban J connectivity index is 2.24. The molecule has 0 unspecified atom stereocenters. The molecule has 2 nitrogen and oxygen atoms in total. The first-order chi connectivity index (χ1) is 6.36. The fraction of sp³-hybridized carbons (Fsp3) is 0.273. The van der Waals surface area contributed by atoms with E-state index in [9.17, 15) is 0 Å². The minimum Gasteiger partial charge on any atom is -0.388 e. The predicted octanol–water partition coefficient (Wildman–Crippen LogP) is 1.88. The average molecular weight is 174 g/mol. The predicted molar refractivity (Wildman–Crippen MR) is 55.7 cm³/mol. The quantitative estimate of drug-likeness (QED) is 0.699. The Kier molecular flexibility index (Phi) is 2.21. The fourth-order valence-corrected chi connectivity index (χ4v) is 1.51. The summed E-state index contributed by atoms with van der Waals surface area (Å²) in [5, 5.41) is 3.18. The van der Waals surface area contributed by atoms with Gasteiger partial charge in [-0.25, -0.2) is 0 Å². The van der Waals surface area contributed by atoms with Crippen LogP contribution in [0.15, 0.2) is 36.7 Å². The Morgan fingerprint density at radius 1 is 1.38 bits per heavy atom. The van der Waals surface area contributed by atoms with Crippen LogP contribution in [0, 0.1) is 6.92 Å². The van der Waals surface area contributed by atoms with Crippen LogP contribution in [-0.2, 0) is 0 Å². The van der Waals surface area contributed by atoms with Crippen molar-refractivity contribution in [1.82, 2.24) is 5.32 Å². The van der Waals surface area contributed by atoms with Crippen molar-refractivity contribution >= 4 is 5.69 Å². The average Bonchev–Trinajstić information content (AvgIpc) is 2.19. The normalized spacial score (nSPS) is 15.6. The minimum absolute atomic E-state index is 1.02. The van der Waals surface area contributed by atoms with Crippen molar-refractivity contribution in [3.8, 4) is 0 Å². The van der Waals surface area contributed by atoms with E-state index in [-0.39, 0.29) is 0 Å². The van der Waals surface area contributed by atoms with E-state index in [1.54, 1.807) is 0 Å². The highest BCUT2D eigenvalue weighted by molar-refractivity contribution is 5.51. The summed E-state index contributed by atoms with van der Waals surface area (Å²) in [7, 11) is 0. The van der Waals surface area contributed by atoms with Gasteiger partial charge in [-0.05, 0) is 24.6 Å². The van der Waals surface area contributed by atoms with Gasteiger partial charge in [0.2, 0.25) is 0 Å². The third-order valence-corrected chi connectivity index (χ3v) is 2.20. The van der Waals surface area contributed by atoms with Gasteiger partial charge in [-0.3, -0.25) is 0 Å². The van der Waals surface area contributed by atoms with Gasteiger partial charge in [-0.1, -0.05) is 12.1 Å². The summed E-state index contributed by atoms with van der Waals surface area (Å²) < 4.78 is 0. The third-order valence-electron chi connectivity index (χ3n) is 2.20. The van der Waals surface area contributed by atoms with Gasteiger partial charge in [0.05, 0.1) is 0 Å². The molecule has 1 aromatic rings. The number of aryl methyl sites for hydroxylation is 1. The monoisotopic (exact) mass is 174 g/mol. The summed E-state index contributed by atoms with van der Waals surface area (Å²) in [5.74, 6) is 0. The lowest BCUT2D eigenvalue weighted by Crippen LogP contribution is -2.30. The first kappa shape index (κ1) is 8.17. The zero-order valence-electron chi connectivity index (χ0n) is 7.83. The Bertz CT molecular complexity index is 318. The summed E-state index contributed by atoms with van der Waals surface area (Å²) >= 11 is 0. The molecule has 0 atom stereocenters. The van der Waals surface area contributed by atoms with Crippen molar-refractivity contribution in [3.63, 3.8) is 0 Å². The number of rotatable bonds is 1. The third kappa shape index (κ3) is 1.83. The van der Waals surface area contributed by atoms with E-state index in [2.05, 4.69) is 47.6 Å². The van der Waals surface area contributed by atoms with Crippen LogP contribution in [0.5, 0.6) is 0 Å². The molecule has 0 spiro atoms. The fourth-order valence-electron chi connectivity index (χ4n) is 1.51. The maximum Gasteiger partial charge on any atom is 0.0409 e. The number of hydrogen-bond donors (Lipinski definition) is 1. The van der Waals surface area contributed by atoms with Gasteiger partial charge in [0.25, 0.3) is 0 Å². The topological polar surface area (TPSA) is 15.3 Å². The molecule has 2 heteroatoms. The zero-order valence-corrected chi connectivity index (χ0v) is 7.83. The van der Waals surface area contributed by atoms with Gasteiger partial charge in [-0.15, -0.1) is 0 Å². The van der Waals surface area contributed by atoms with Crippen molar-refractivity contribution < 1.29 is 0 Å². The highest BCUT2D eigenvalue weighted by Gasteiger charge is 2.04. The second kappa shape index (κ2) is 3.52. The minimum atomic E-state index is 1.02. The summed E-state index contributed by atoms with van der Waals surface area (Å²) in [6.45, 7) is 4.18. The van der Waals surface area contributed by atoms with Crippen LogP contribution in [-0.4, -0.2) is 13.1 Å². The van der Waals surface area contributed by atoms with Gasteiger partial charge < -0.3 is 10.2 Å². The molecule has 1 N–H and O–H groups in total. The van der Waals surface area contributed by atoms with Crippen LogP contribution in [0.4, 0.5) is 5.69 Å². The molecule has 68 valence electrons. The molecule has 13 heavy (non-hydrogen) atoms. The van der Waals surface area contributed by atoms with Crippen molar-refractivity contribution in [2.24, 2.45) is 0 Å². The molecule has 1 aliphatic heterocycles. The second-order valence-electron chi connectivity index (χ2n) is 3.30. The number of anilines is 1. The van der Waals surface area contributed by atoms with E-state index >= 15 is 0 Å². The molecule has 0 radical (unpaired) electrons. The molecule has 0 bridgehead atoms. The number of nitrogens with zero attached hydrogens (tertiary/aromatic N) is 1. The highest BCUT2D eigenvalue weighted by Crippen LogP contribution is 2.16. The van der Waals surface area contributed by atoms with Gasteiger partial charge in [0, 0.05) is 31.2 Å². The van der Waals surface area contributed by atoms with Gasteiger partial charge >= 0.3 is 0 Å². The van der Waals surface area contributed by atoms with Crippen molar-refractivity contribution in [2.45, 2.75) is 6.92 Å². The summed E-state index contributed by atoms with van der Waals surface area (Å²) in [6, 6.07) is 8.56. The van der Waals surface area contributed by atoms with Gasteiger partial charge in [-0.2, -0.15) is 0 Å². The molecule has 0 aliphatic carbocycles. The van der Waals surface area contributed by atoms with Gasteiger partial charge in [0.15, 0.2) is 0 Å². The highest BCUT2D eigenvalue weighted by atomic mass is 15.2. The molecule has 0 aromatic heterocycles. The molecule has 1 heterocycles. The molecule has 0 saturated carbocycles. The summed E-state index contributed by atoms with van der Waals surface area (Å²) in [5.41, 5.74) is 2.59. The number of hydrogen-bond acceptors (Lipinski definition) is 2. The molecular weight excluding hydrogens is 160 g/mol. The summed E-state index contributed by atoms with van der Waals surface area (Å²) in [4.78, 5) is 2.25. The lowest BCUT2D eigenvalue weighted by atomic mass is 10.2. The van der Waals surface area contributed by atoms with Crippen LogP contribution in [0.25, 0.3) is 0 Å². The van der Waals surface area contributed by atoms with Crippen LogP contribution in [0.3, 0.4) is 0 Å². The lowest BCUT2D eigenvalue weighted by molar-refractivity contribution is 0.776. The summed E-state index contributed by atoms with van der Waals surface area (Å²) in [6.07, 6.45) is 4.07. The van der Waals surface area contributed by atoms with E-state index in [1.165, 1.54) is 11.3 Å². The Morgan fingerprint density at radius 2 is 2.31 bits per heavy atom.